The Morgan fingerprint density at radius 1 is 1.35 bits per heavy atom. The van der Waals surface area contributed by atoms with Crippen molar-refractivity contribution in [3.05, 3.63) is 30.1 Å². The van der Waals surface area contributed by atoms with E-state index < -0.39 is 11.6 Å². The molecule has 0 aliphatic carbocycles. The van der Waals surface area contributed by atoms with Crippen molar-refractivity contribution in [1.82, 2.24) is 15.0 Å². The number of nitrogens with zero attached hydrogens (tertiary/aromatic N) is 3. The number of aromatic nitrogens is 3. The molecule has 0 spiro atoms. The SMILES string of the molecule is Cc1cc(-c2ccnc(OC(N)=O)n2)cnc1OCC(C)(N)CC(C)C. The van der Waals surface area contributed by atoms with E-state index in [4.69, 9.17) is 20.9 Å². The van der Waals surface area contributed by atoms with Gasteiger partial charge in [0.25, 0.3) is 0 Å². The molecule has 8 nitrogen and oxygen atoms in total. The van der Waals surface area contributed by atoms with E-state index in [0.717, 1.165) is 17.5 Å². The number of rotatable bonds is 7. The summed E-state index contributed by atoms with van der Waals surface area (Å²) < 4.78 is 10.5. The molecule has 26 heavy (non-hydrogen) atoms. The number of aryl methyl sites for hydroxylation is 1. The van der Waals surface area contributed by atoms with Crippen molar-refractivity contribution in [2.24, 2.45) is 17.4 Å². The lowest BCUT2D eigenvalue weighted by molar-refractivity contribution is 0.199. The van der Waals surface area contributed by atoms with Gasteiger partial charge in [-0.25, -0.2) is 14.8 Å². The lowest BCUT2D eigenvalue weighted by Gasteiger charge is -2.26. The number of primary amides is 1. The van der Waals surface area contributed by atoms with Gasteiger partial charge >= 0.3 is 12.1 Å². The van der Waals surface area contributed by atoms with Crippen LogP contribution in [-0.4, -0.2) is 33.2 Å². The molecule has 1 atom stereocenters. The molecule has 2 aromatic rings. The summed E-state index contributed by atoms with van der Waals surface area (Å²) in [5.74, 6) is 1.01. The van der Waals surface area contributed by atoms with Gasteiger partial charge in [-0.2, -0.15) is 4.98 Å². The van der Waals surface area contributed by atoms with Crippen molar-refractivity contribution >= 4 is 6.09 Å². The molecule has 0 bridgehead atoms. The quantitative estimate of drug-likeness (QED) is 0.777. The Kier molecular flexibility index (Phi) is 6.10. The highest BCUT2D eigenvalue weighted by atomic mass is 16.6. The lowest BCUT2D eigenvalue weighted by atomic mass is 9.93. The van der Waals surface area contributed by atoms with E-state index in [1.54, 1.807) is 12.3 Å². The topological polar surface area (TPSA) is 126 Å². The van der Waals surface area contributed by atoms with Gasteiger partial charge in [0, 0.05) is 29.1 Å². The highest BCUT2D eigenvalue weighted by Crippen LogP contribution is 2.24. The first kappa shape index (κ1) is 19.6. The van der Waals surface area contributed by atoms with E-state index in [9.17, 15) is 4.79 Å². The molecule has 0 aliphatic heterocycles. The van der Waals surface area contributed by atoms with Crippen LogP contribution in [-0.2, 0) is 0 Å². The summed E-state index contributed by atoms with van der Waals surface area (Å²) in [5, 5.41) is 0. The first-order valence-electron chi connectivity index (χ1n) is 8.35. The highest BCUT2D eigenvalue weighted by Gasteiger charge is 2.21. The Morgan fingerprint density at radius 3 is 2.69 bits per heavy atom. The predicted molar refractivity (Wildman–Crippen MR) is 97.8 cm³/mol. The van der Waals surface area contributed by atoms with Crippen LogP contribution in [0.1, 0.15) is 32.8 Å². The van der Waals surface area contributed by atoms with E-state index in [1.807, 2.05) is 19.9 Å². The molecule has 1 unspecified atom stereocenters. The molecule has 140 valence electrons. The van der Waals surface area contributed by atoms with Crippen LogP contribution < -0.4 is 20.9 Å². The van der Waals surface area contributed by atoms with Gasteiger partial charge in [0.15, 0.2) is 0 Å². The molecule has 0 saturated carbocycles. The number of carbonyl (C=O) groups excluding carboxylic acids is 1. The number of pyridine rings is 1. The zero-order chi connectivity index (χ0) is 19.3. The van der Waals surface area contributed by atoms with Crippen molar-refractivity contribution in [1.29, 1.82) is 0 Å². The van der Waals surface area contributed by atoms with E-state index in [-0.39, 0.29) is 6.01 Å². The summed E-state index contributed by atoms with van der Waals surface area (Å²) in [5.41, 5.74) is 13.0. The number of hydrogen-bond acceptors (Lipinski definition) is 7. The van der Waals surface area contributed by atoms with Gasteiger partial charge in [-0.05, 0) is 38.3 Å². The number of amides is 1. The lowest BCUT2D eigenvalue weighted by Crippen LogP contribution is -2.43. The molecule has 2 rings (SSSR count). The molecule has 1 amide bonds. The first-order valence-corrected chi connectivity index (χ1v) is 8.35. The maximum atomic E-state index is 10.8. The monoisotopic (exact) mass is 359 g/mol. The fourth-order valence-corrected chi connectivity index (χ4v) is 2.72. The molecule has 0 saturated heterocycles. The van der Waals surface area contributed by atoms with E-state index in [2.05, 4.69) is 28.8 Å². The van der Waals surface area contributed by atoms with Gasteiger partial charge in [-0.3, -0.25) is 0 Å². The van der Waals surface area contributed by atoms with E-state index in [0.29, 0.717) is 24.1 Å². The minimum Gasteiger partial charge on any atom is -0.476 e. The number of ether oxygens (including phenoxy) is 2. The Morgan fingerprint density at radius 2 is 2.08 bits per heavy atom. The molecular weight excluding hydrogens is 334 g/mol. The Labute approximate surface area is 153 Å². The van der Waals surface area contributed by atoms with Crippen LogP contribution in [0.25, 0.3) is 11.3 Å². The summed E-state index contributed by atoms with van der Waals surface area (Å²) in [6, 6.07) is 3.46. The Hall–Kier alpha value is -2.74. The summed E-state index contributed by atoms with van der Waals surface area (Å²) in [6.07, 6.45) is 3.00. The third kappa shape index (κ3) is 5.66. The molecule has 0 aromatic carbocycles. The van der Waals surface area contributed by atoms with Crippen LogP contribution in [0.15, 0.2) is 24.5 Å². The van der Waals surface area contributed by atoms with Crippen molar-refractivity contribution in [2.75, 3.05) is 6.61 Å². The smallest absolute Gasteiger partial charge is 0.412 e. The van der Waals surface area contributed by atoms with Crippen molar-refractivity contribution in [3.63, 3.8) is 0 Å². The fourth-order valence-electron chi connectivity index (χ4n) is 2.72. The maximum absolute atomic E-state index is 10.8. The molecule has 2 aromatic heterocycles. The molecule has 0 fully saturated rings. The summed E-state index contributed by atoms with van der Waals surface area (Å²) in [6.45, 7) is 8.49. The number of hydrogen-bond donors (Lipinski definition) is 2. The van der Waals surface area contributed by atoms with Gasteiger partial charge in [-0.15, -0.1) is 0 Å². The third-order valence-electron chi connectivity index (χ3n) is 3.56. The minimum atomic E-state index is -0.966. The standard InChI is InChI=1S/C18H25N5O3/c1-11(2)8-18(4,20)10-25-15-12(3)7-13(9-22-15)14-5-6-21-17(23-14)26-16(19)24/h5-7,9,11H,8,10,20H2,1-4H3,(H2,19,24). The van der Waals surface area contributed by atoms with Crippen molar-refractivity contribution < 1.29 is 14.3 Å². The minimum absolute atomic E-state index is 0.111. The molecular formula is C18H25N5O3. The molecule has 0 radical (unpaired) electrons. The average Bonchev–Trinajstić information content (AvgIpc) is 2.52. The number of nitrogens with two attached hydrogens (primary N) is 2. The molecule has 4 N–H and O–H groups in total. The maximum Gasteiger partial charge on any atom is 0.412 e. The van der Waals surface area contributed by atoms with E-state index in [1.165, 1.54) is 6.20 Å². The largest absolute Gasteiger partial charge is 0.476 e. The van der Waals surface area contributed by atoms with Crippen LogP contribution in [0.2, 0.25) is 0 Å². The zero-order valence-electron chi connectivity index (χ0n) is 15.5. The van der Waals surface area contributed by atoms with Crippen LogP contribution in [0.5, 0.6) is 11.9 Å². The van der Waals surface area contributed by atoms with Crippen molar-refractivity contribution in [3.8, 4) is 23.1 Å². The predicted octanol–water partition coefficient (Wildman–Crippen LogP) is 2.45. The third-order valence-corrected chi connectivity index (χ3v) is 3.56. The Balaban J connectivity index is 2.13. The van der Waals surface area contributed by atoms with Gasteiger partial charge < -0.3 is 20.9 Å². The first-order chi connectivity index (χ1) is 12.2. The Bertz CT molecular complexity index is 777. The van der Waals surface area contributed by atoms with E-state index >= 15 is 0 Å². The summed E-state index contributed by atoms with van der Waals surface area (Å²) in [7, 11) is 0. The second-order valence-corrected chi connectivity index (χ2v) is 7.03. The van der Waals surface area contributed by atoms with Gasteiger partial charge in [0.2, 0.25) is 5.88 Å². The normalized spacial score (nSPS) is 13.3. The van der Waals surface area contributed by atoms with Crippen LogP contribution in [0.4, 0.5) is 4.79 Å². The van der Waals surface area contributed by atoms with Crippen LogP contribution in [0.3, 0.4) is 0 Å². The summed E-state index contributed by atoms with van der Waals surface area (Å²) in [4.78, 5) is 23.1. The number of carbonyl (C=O) groups is 1. The average molecular weight is 359 g/mol. The summed E-state index contributed by atoms with van der Waals surface area (Å²) >= 11 is 0. The van der Waals surface area contributed by atoms with Gasteiger partial charge in [-0.1, -0.05) is 13.8 Å². The van der Waals surface area contributed by atoms with Crippen molar-refractivity contribution in [2.45, 2.75) is 39.7 Å². The molecule has 0 aliphatic rings. The molecule has 2 heterocycles. The fraction of sp³-hybridized carbons (Fsp3) is 0.444. The van der Waals surface area contributed by atoms with Crippen LogP contribution >= 0.6 is 0 Å². The second kappa shape index (κ2) is 8.09. The zero-order valence-corrected chi connectivity index (χ0v) is 15.5. The highest BCUT2D eigenvalue weighted by molar-refractivity contribution is 5.67. The van der Waals surface area contributed by atoms with Gasteiger partial charge in [0.05, 0.1) is 5.69 Å². The van der Waals surface area contributed by atoms with Gasteiger partial charge in [0.1, 0.15) is 6.61 Å². The van der Waals surface area contributed by atoms with Crippen LogP contribution in [0, 0.1) is 12.8 Å². The second-order valence-electron chi connectivity index (χ2n) is 7.03. The molecule has 8 heteroatoms.